The minimum absolute atomic E-state index is 0.0543. The maximum Gasteiger partial charge on any atom is 0.472 e. The molecule has 5 atom stereocenters. The molecule has 0 saturated carbocycles. The van der Waals surface area contributed by atoms with Crippen molar-refractivity contribution in [2.45, 2.75) is 316 Å². The van der Waals surface area contributed by atoms with Crippen molar-refractivity contribution in [3.8, 4) is 0 Å². The van der Waals surface area contributed by atoms with Crippen LogP contribution in [-0.2, 0) is 65.4 Å². The molecule has 0 aliphatic carbocycles. The third kappa shape index (κ3) is 74.9. The summed E-state index contributed by atoms with van der Waals surface area (Å²) in [4.78, 5) is 72.9. The summed E-state index contributed by atoms with van der Waals surface area (Å²) in [5.41, 5.74) is 0. The Morgan fingerprint density at radius 3 is 0.894 bits per heavy atom. The number of phosphoric ester groups is 2. The molecule has 0 aliphatic heterocycles. The second-order valence-corrected chi connectivity index (χ2v) is 28.8. The van der Waals surface area contributed by atoms with Crippen LogP contribution in [0.1, 0.15) is 297 Å². The van der Waals surface area contributed by atoms with E-state index in [4.69, 9.17) is 37.0 Å². The Morgan fingerprint density at radius 1 is 0.288 bits per heavy atom. The molecule has 0 rings (SSSR count). The van der Waals surface area contributed by atoms with Gasteiger partial charge < -0.3 is 33.8 Å². The molecule has 0 aliphatic rings. The van der Waals surface area contributed by atoms with Gasteiger partial charge in [-0.1, -0.05) is 282 Å². The molecule has 0 saturated heterocycles. The molecule has 0 fully saturated rings. The lowest BCUT2D eigenvalue weighted by atomic mass is 10.1. The van der Waals surface area contributed by atoms with Crippen molar-refractivity contribution >= 4 is 39.5 Å². The highest BCUT2D eigenvalue weighted by molar-refractivity contribution is 7.47. The van der Waals surface area contributed by atoms with Gasteiger partial charge in [0.25, 0.3) is 0 Å². The van der Waals surface area contributed by atoms with Gasteiger partial charge in [0.05, 0.1) is 32.8 Å². The Kier molecular flexibility index (Phi) is 72.0. The Hall–Kier alpha value is -5.32. The number of phosphoric acid groups is 2. The molecule has 0 radical (unpaired) electrons. The van der Waals surface area contributed by atoms with E-state index in [2.05, 4.69) is 161 Å². The average molecular weight is 1500 g/mol. The zero-order chi connectivity index (χ0) is 76.0. The van der Waals surface area contributed by atoms with E-state index in [1.807, 2.05) is 18.2 Å². The van der Waals surface area contributed by atoms with E-state index >= 15 is 0 Å². The van der Waals surface area contributed by atoms with Gasteiger partial charge >= 0.3 is 39.5 Å². The van der Waals surface area contributed by atoms with Crippen LogP contribution in [0.15, 0.2) is 158 Å². The molecule has 592 valence electrons. The smallest absolute Gasteiger partial charge is 0.462 e. The number of allylic oxidation sites excluding steroid dienone is 25. The van der Waals surface area contributed by atoms with E-state index < -0.39 is 97.5 Å². The predicted molar refractivity (Wildman–Crippen MR) is 427 cm³/mol. The Balaban J connectivity index is 5.45. The number of carbonyl (C=O) groups is 4. The standard InChI is InChI=1S/C85H140O17P2/c1-5-9-13-17-21-25-29-33-36-38-39-41-43-47-50-54-58-62-66-70-83(88)96-76-81(102-85(90)72-68-64-60-56-52-48-44-40-37-34-30-26-22-18-14-10-6-2)78-100-104(93,94)98-74-79(86)73-97-103(91,92)99-77-80(101-84(89)71-67-63-59-55-51-45-32-28-24-20-16-12-8-4)75-95-82(87)69-65-61-57-53-49-46-42-35-31-27-23-19-15-11-7-3/h10-11,14-16,20-23,25-28,32-37,39,41-42,49,53,61,65,79-81,86H,5-9,12-13,17-19,24,29-31,38,40,43-48,50-52,54-60,62-64,66-78H2,1-4H3,(H,91,92)(H,93,94)/b14-10-,15-11-,20-16-,25-21-,26-22-,27-23-,32-28-,36-33-,37-34-,41-39-,42-35-,53-49-,65-61-. The van der Waals surface area contributed by atoms with Crippen molar-refractivity contribution in [2.24, 2.45) is 0 Å². The van der Waals surface area contributed by atoms with E-state index in [0.29, 0.717) is 25.7 Å². The minimum Gasteiger partial charge on any atom is -0.462 e. The lowest BCUT2D eigenvalue weighted by Gasteiger charge is -2.21. The molecular weight excluding hydrogens is 1350 g/mol. The van der Waals surface area contributed by atoms with Crippen LogP contribution in [0.3, 0.4) is 0 Å². The topological polar surface area (TPSA) is 237 Å². The molecule has 5 unspecified atom stereocenters. The van der Waals surface area contributed by atoms with Crippen LogP contribution in [0.5, 0.6) is 0 Å². The molecule has 0 aromatic heterocycles. The van der Waals surface area contributed by atoms with Crippen molar-refractivity contribution < 1.29 is 80.2 Å². The van der Waals surface area contributed by atoms with Gasteiger partial charge in [-0.3, -0.25) is 37.3 Å². The van der Waals surface area contributed by atoms with Crippen molar-refractivity contribution in [1.29, 1.82) is 0 Å². The zero-order valence-corrected chi connectivity index (χ0v) is 66.4. The van der Waals surface area contributed by atoms with E-state index in [-0.39, 0.29) is 25.7 Å². The first-order valence-electron chi connectivity index (χ1n) is 39.7. The molecule has 17 nitrogen and oxygen atoms in total. The maximum atomic E-state index is 13.1. The third-order valence-corrected chi connectivity index (χ3v) is 17.9. The first-order valence-corrected chi connectivity index (χ1v) is 42.7. The zero-order valence-electron chi connectivity index (χ0n) is 64.6. The molecular formula is C85H140O17P2. The summed E-state index contributed by atoms with van der Waals surface area (Å²) in [7, 11) is -10.0. The van der Waals surface area contributed by atoms with Gasteiger partial charge in [0, 0.05) is 19.3 Å². The normalized spacial score (nSPS) is 14.7. The van der Waals surface area contributed by atoms with Gasteiger partial charge in [-0.2, -0.15) is 0 Å². The summed E-state index contributed by atoms with van der Waals surface area (Å²) in [6, 6.07) is 0. The van der Waals surface area contributed by atoms with Gasteiger partial charge in [-0.05, 0) is 148 Å². The first-order chi connectivity index (χ1) is 50.7. The fourth-order valence-corrected chi connectivity index (χ4v) is 11.6. The van der Waals surface area contributed by atoms with E-state index in [9.17, 15) is 43.2 Å². The molecule has 0 heterocycles. The maximum absolute atomic E-state index is 13.1. The number of unbranched alkanes of at least 4 members (excludes halogenated alkanes) is 22. The van der Waals surface area contributed by atoms with Gasteiger partial charge in [-0.15, -0.1) is 0 Å². The SMILES string of the molecule is CC/C=C\C/C=C\C/C=C\C/C=C\C/C=C\CC(=O)OCC(COP(=O)(O)OCC(O)COP(=O)(O)OCC(COC(=O)CCCCCCCC/C=C\C/C=C\C/C=C\CCCCC)OC(=O)CCCCCCCCC/C=C\C/C=C\C/C=C\CC)OC(=O)CCCCCCC/C=C\C/C=C\CCC. The number of aliphatic hydroxyl groups excluding tert-OH is 1. The number of ether oxygens (including phenoxy) is 4. The molecule has 0 aromatic carbocycles. The largest absolute Gasteiger partial charge is 0.472 e. The third-order valence-electron chi connectivity index (χ3n) is 16.0. The monoisotopic (exact) mass is 1490 g/mol. The summed E-state index contributed by atoms with van der Waals surface area (Å²) in [5.74, 6) is -2.37. The highest BCUT2D eigenvalue weighted by Gasteiger charge is 2.30. The second kappa shape index (κ2) is 75.9. The Labute approximate surface area is 629 Å². The van der Waals surface area contributed by atoms with Crippen LogP contribution in [0.2, 0.25) is 0 Å². The lowest BCUT2D eigenvalue weighted by molar-refractivity contribution is -0.161. The molecule has 0 bridgehead atoms. The number of hydrogen-bond donors (Lipinski definition) is 3. The fraction of sp³-hybridized carbons (Fsp3) is 0.647. The predicted octanol–water partition coefficient (Wildman–Crippen LogP) is 23.2. The van der Waals surface area contributed by atoms with Crippen LogP contribution >= 0.6 is 15.6 Å². The van der Waals surface area contributed by atoms with Crippen molar-refractivity contribution in [3.05, 3.63) is 158 Å². The van der Waals surface area contributed by atoms with Crippen molar-refractivity contribution in [1.82, 2.24) is 0 Å². The Morgan fingerprint density at radius 2 is 0.558 bits per heavy atom. The summed E-state index contributed by atoms with van der Waals surface area (Å²) in [6.07, 6.45) is 88.2. The van der Waals surface area contributed by atoms with Crippen LogP contribution in [-0.4, -0.2) is 96.7 Å². The summed E-state index contributed by atoms with van der Waals surface area (Å²) in [5, 5.41) is 10.6. The number of carbonyl (C=O) groups excluding carboxylic acids is 4. The number of hydrogen-bond acceptors (Lipinski definition) is 15. The number of aliphatic hydroxyl groups is 1. The quantitative estimate of drug-likeness (QED) is 0.0169. The highest BCUT2D eigenvalue weighted by Crippen LogP contribution is 2.45. The van der Waals surface area contributed by atoms with Gasteiger partial charge in [-0.25, -0.2) is 9.13 Å². The fourth-order valence-electron chi connectivity index (χ4n) is 10.00. The van der Waals surface area contributed by atoms with Crippen LogP contribution in [0.4, 0.5) is 0 Å². The summed E-state index contributed by atoms with van der Waals surface area (Å²) < 4.78 is 68.4. The first kappa shape index (κ1) is 98.7. The van der Waals surface area contributed by atoms with E-state index in [0.717, 1.165) is 199 Å². The van der Waals surface area contributed by atoms with Gasteiger partial charge in [0.1, 0.15) is 19.3 Å². The summed E-state index contributed by atoms with van der Waals surface area (Å²) in [6.45, 7) is 4.39. The van der Waals surface area contributed by atoms with Crippen molar-refractivity contribution in [3.63, 3.8) is 0 Å². The average Bonchev–Trinajstić information content (AvgIpc) is 0.916. The highest BCUT2D eigenvalue weighted by atomic mass is 31.2. The number of esters is 4. The van der Waals surface area contributed by atoms with Gasteiger partial charge in [0.15, 0.2) is 12.2 Å². The molecule has 0 aromatic rings. The Bertz CT molecular complexity index is 2590. The van der Waals surface area contributed by atoms with E-state index in [1.54, 1.807) is 6.08 Å². The van der Waals surface area contributed by atoms with Gasteiger partial charge in [0.2, 0.25) is 0 Å². The number of rotatable bonds is 73. The summed E-state index contributed by atoms with van der Waals surface area (Å²) >= 11 is 0. The molecule has 19 heteroatoms. The van der Waals surface area contributed by atoms with Crippen LogP contribution in [0, 0.1) is 0 Å². The minimum atomic E-state index is -5.01. The molecule has 0 amide bonds. The van der Waals surface area contributed by atoms with Crippen molar-refractivity contribution in [2.75, 3.05) is 39.6 Å². The molecule has 3 N–H and O–H groups in total. The lowest BCUT2D eigenvalue weighted by Crippen LogP contribution is -2.30. The van der Waals surface area contributed by atoms with E-state index in [1.165, 1.54) is 19.3 Å². The molecule has 104 heavy (non-hydrogen) atoms. The second-order valence-electron chi connectivity index (χ2n) is 25.9. The van der Waals surface area contributed by atoms with Crippen LogP contribution < -0.4 is 0 Å². The van der Waals surface area contributed by atoms with Crippen LogP contribution in [0.25, 0.3) is 0 Å². The molecule has 0 spiro atoms.